The van der Waals surface area contributed by atoms with Crippen LogP contribution in [0.1, 0.15) is 11.7 Å². The van der Waals surface area contributed by atoms with Crippen molar-refractivity contribution in [1.29, 1.82) is 0 Å². The second kappa shape index (κ2) is 5.19. The van der Waals surface area contributed by atoms with Gasteiger partial charge in [0.15, 0.2) is 0 Å². The molecule has 4 nitrogen and oxygen atoms in total. The normalized spacial score (nSPS) is 20.1. The summed E-state index contributed by atoms with van der Waals surface area (Å²) < 4.78 is 5.71. The molecule has 4 heteroatoms. The molecule has 1 aliphatic rings. The molecule has 0 radical (unpaired) electrons. The van der Waals surface area contributed by atoms with Crippen LogP contribution in [0.15, 0.2) is 30.3 Å². The lowest BCUT2D eigenvalue weighted by Crippen LogP contribution is -2.46. The van der Waals surface area contributed by atoms with Gasteiger partial charge in [0, 0.05) is 20.6 Å². The molecule has 1 aromatic rings. The quantitative estimate of drug-likeness (QED) is 0.741. The van der Waals surface area contributed by atoms with Crippen LogP contribution in [-0.2, 0) is 4.74 Å². The fourth-order valence-corrected chi connectivity index (χ4v) is 1.98. The molecule has 1 saturated heterocycles. The van der Waals surface area contributed by atoms with Gasteiger partial charge in [-0.25, -0.2) is 4.79 Å². The van der Waals surface area contributed by atoms with E-state index in [2.05, 4.69) is 0 Å². The standard InChI is InChI=1S/C13H18N2O2/c1-14(2)13(16)15-8-9-17-12(10-15)11-6-4-3-5-7-11/h3-7,12H,8-10H2,1-2H3/t12-/m0/s1. The number of hydrogen-bond donors (Lipinski definition) is 0. The van der Waals surface area contributed by atoms with Gasteiger partial charge in [0.1, 0.15) is 6.10 Å². The second-order valence-electron chi connectivity index (χ2n) is 4.39. The highest BCUT2D eigenvalue weighted by molar-refractivity contribution is 5.73. The Balaban J connectivity index is 2.05. The molecule has 17 heavy (non-hydrogen) atoms. The van der Waals surface area contributed by atoms with E-state index in [1.807, 2.05) is 35.2 Å². The second-order valence-corrected chi connectivity index (χ2v) is 4.39. The van der Waals surface area contributed by atoms with Crippen molar-refractivity contribution in [2.75, 3.05) is 33.8 Å². The zero-order chi connectivity index (χ0) is 12.3. The highest BCUT2D eigenvalue weighted by Crippen LogP contribution is 2.22. The van der Waals surface area contributed by atoms with Crippen LogP contribution in [0.25, 0.3) is 0 Å². The Morgan fingerprint density at radius 2 is 2.06 bits per heavy atom. The van der Waals surface area contributed by atoms with Gasteiger partial charge < -0.3 is 14.5 Å². The van der Waals surface area contributed by atoms with Crippen LogP contribution >= 0.6 is 0 Å². The van der Waals surface area contributed by atoms with E-state index in [4.69, 9.17) is 4.74 Å². The van der Waals surface area contributed by atoms with Crippen LogP contribution < -0.4 is 0 Å². The minimum absolute atomic E-state index is 0.00569. The number of urea groups is 1. The third-order valence-corrected chi connectivity index (χ3v) is 2.89. The molecule has 1 heterocycles. The first-order valence-corrected chi connectivity index (χ1v) is 5.81. The van der Waals surface area contributed by atoms with Crippen LogP contribution in [0, 0.1) is 0 Å². The number of morpholine rings is 1. The maximum absolute atomic E-state index is 11.9. The SMILES string of the molecule is CN(C)C(=O)N1CCO[C@H](c2ccccc2)C1. The number of carbonyl (C=O) groups excluding carboxylic acids is 1. The fraction of sp³-hybridized carbons (Fsp3) is 0.462. The molecule has 0 N–H and O–H groups in total. The van der Waals surface area contributed by atoms with Crippen LogP contribution in [0.5, 0.6) is 0 Å². The number of hydrogen-bond acceptors (Lipinski definition) is 2. The third kappa shape index (κ3) is 2.77. The summed E-state index contributed by atoms with van der Waals surface area (Å²) in [7, 11) is 3.55. The Morgan fingerprint density at radius 3 is 2.71 bits per heavy atom. The lowest BCUT2D eigenvalue weighted by Gasteiger charge is -2.34. The molecule has 1 fully saturated rings. The first-order chi connectivity index (χ1) is 8.18. The number of rotatable bonds is 1. The van der Waals surface area contributed by atoms with Gasteiger partial charge in [-0.3, -0.25) is 0 Å². The van der Waals surface area contributed by atoms with Crippen molar-refractivity contribution in [2.24, 2.45) is 0 Å². The zero-order valence-corrected chi connectivity index (χ0v) is 10.3. The van der Waals surface area contributed by atoms with Crippen molar-refractivity contribution in [2.45, 2.75) is 6.10 Å². The summed E-state index contributed by atoms with van der Waals surface area (Å²) in [6.07, 6.45) is -0.00569. The number of carbonyl (C=O) groups is 1. The number of benzene rings is 1. The first-order valence-electron chi connectivity index (χ1n) is 5.81. The lowest BCUT2D eigenvalue weighted by molar-refractivity contribution is -0.0188. The number of amides is 2. The zero-order valence-electron chi connectivity index (χ0n) is 10.3. The monoisotopic (exact) mass is 234 g/mol. The van der Waals surface area contributed by atoms with Crippen molar-refractivity contribution in [3.05, 3.63) is 35.9 Å². The molecule has 0 bridgehead atoms. The van der Waals surface area contributed by atoms with Gasteiger partial charge in [0.25, 0.3) is 0 Å². The Hall–Kier alpha value is -1.55. The van der Waals surface area contributed by atoms with Crippen LogP contribution in [0.2, 0.25) is 0 Å². The Kier molecular flexibility index (Phi) is 3.64. The summed E-state index contributed by atoms with van der Waals surface area (Å²) in [5.74, 6) is 0. The largest absolute Gasteiger partial charge is 0.370 e. The minimum Gasteiger partial charge on any atom is -0.370 e. The molecule has 0 aliphatic carbocycles. The van der Waals surface area contributed by atoms with E-state index in [-0.39, 0.29) is 12.1 Å². The van der Waals surface area contributed by atoms with E-state index in [1.165, 1.54) is 0 Å². The third-order valence-electron chi connectivity index (χ3n) is 2.89. The number of ether oxygens (including phenoxy) is 1. The van der Waals surface area contributed by atoms with E-state index in [0.717, 1.165) is 5.56 Å². The van der Waals surface area contributed by atoms with E-state index in [9.17, 15) is 4.79 Å². The van der Waals surface area contributed by atoms with Gasteiger partial charge >= 0.3 is 6.03 Å². The predicted octanol–water partition coefficient (Wildman–Crippen LogP) is 1.74. The molecular weight excluding hydrogens is 216 g/mol. The summed E-state index contributed by atoms with van der Waals surface area (Å²) >= 11 is 0. The molecule has 0 saturated carbocycles. The van der Waals surface area contributed by atoms with Gasteiger partial charge in [-0.15, -0.1) is 0 Å². The Labute approximate surface area is 102 Å². The molecule has 1 atom stereocenters. The minimum atomic E-state index is -0.00569. The molecular formula is C13H18N2O2. The van der Waals surface area contributed by atoms with Crippen LogP contribution in [0.4, 0.5) is 4.79 Å². The molecule has 92 valence electrons. The smallest absolute Gasteiger partial charge is 0.319 e. The van der Waals surface area contributed by atoms with Crippen molar-refractivity contribution in [3.8, 4) is 0 Å². The molecule has 2 rings (SSSR count). The van der Waals surface area contributed by atoms with E-state index in [0.29, 0.717) is 19.7 Å². The number of nitrogens with zero attached hydrogens (tertiary/aromatic N) is 2. The van der Waals surface area contributed by atoms with E-state index < -0.39 is 0 Å². The molecule has 0 spiro atoms. The summed E-state index contributed by atoms with van der Waals surface area (Å²) in [5.41, 5.74) is 1.13. The fourth-order valence-electron chi connectivity index (χ4n) is 1.98. The molecule has 0 unspecified atom stereocenters. The molecule has 0 aromatic heterocycles. The maximum atomic E-state index is 11.9. The summed E-state index contributed by atoms with van der Waals surface area (Å²) in [5, 5.41) is 0. The highest BCUT2D eigenvalue weighted by Gasteiger charge is 2.25. The Morgan fingerprint density at radius 1 is 1.35 bits per heavy atom. The average molecular weight is 234 g/mol. The highest BCUT2D eigenvalue weighted by atomic mass is 16.5. The predicted molar refractivity (Wildman–Crippen MR) is 65.8 cm³/mol. The maximum Gasteiger partial charge on any atom is 0.319 e. The molecule has 2 amide bonds. The lowest BCUT2D eigenvalue weighted by atomic mass is 10.1. The topological polar surface area (TPSA) is 32.8 Å². The van der Waals surface area contributed by atoms with Crippen molar-refractivity contribution >= 4 is 6.03 Å². The summed E-state index contributed by atoms with van der Waals surface area (Å²) in [6.45, 7) is 1.89. The average Bonchev–Trinajstić information content (AvgIpc) is 2.39. The van der Waals surface area contributed by atoms with Crippen LogP contribution in [0.3, 0.4) is 0 Å². The van der Waals surface area contributed by atoms with Gasteiger partial charge in [-0.05, 0) is 5.56 Å². The van der Waals surface area contributed by atoms with Crippen molar-refractivity contribution in [1.82, 2.24) is 9.80 Å². The Bertz CT molecular complexity index is 378. The van der Waals surface area contributed by atoms with Gasteiger partial charge in [-0.1, -0.05) is 30.3 Å². The van der Waals surface area contributed by atoms with Gasteiger partial charge in [-0.2, -0.15) is 0 Å². The van der Waals surface area contributed by atoms with Crippen molar-refractivity contribution < 1.29 is 9.53 Å². The van der Waals surface area contributed by atoms with Gasteiger partial charge in [0.05, 0.1) is 13.2 Å². The summed E-state index contributed by atoms with van der Waals surface area (Å²) in [4.78, 5) is 15.3. The molecule has 1 aromatic carbocycles. The van der Waals surface area contributed by atoms with Gasteiger partial charge in [0.2, 0.25) is 0 Å². The summed E-state index contributed by atoms with van der Waals surface area (Å²) in [6, 6.07) is 10.1. The van der Waals surface area contributed by atoms with Crippen LogP contribution in [-0.4, -0.2) is 49.6 Å². The van der Waals surface area contributed by atoms with E-state index in [1.54, 1.807) is 19.0 Å². The van der Waals surface area contributed by atoms with E-state index >= 15 is 0 Å². The first kappa shape index (κ1) is 11.9. The molecule has 1 aliphatic heterocycles. The van der Waals surface area contributed by atoms with Crippen molar-refractivity contribution in [3.63, 3.8) is 0 Å².